The second kappa shape index (κ2) is 7.97. The summed E-state index contributed by atoms with van der Waals surface area (Å²) in [5, 5.41) is 6.18. The SMILES string of the molecule is COc1cc(NC(=O)C2CCNCC2)cc(OC)c1.Cl. The van der Waals surface area contributed by atoms with Crippen molar-refractivity contribution in [2.24, 2.45) is 5.92 Å². The van der Waals surface area contributed by atoms with E-state index in [2.05, 4.69) is 10.6 Å². The molecular weight excluding hydrogens is 280 g/mol. The van der Waals surface area contributed by atoms with E-state index in [1.807, 2.05) is 0 Å². The van der Waals surface area contributed by atoms with Crippen molar-refractivity contribution in [1.29, 1.82) is 0 Å². The minimum Gasteiger partial charge on any atom is -0.497 e. The van der Waals surface area contributed by atoms with Gasteiger partial charge in [-0.2, -0.15) is 0 Å². The van der Waals surface area contributed by atoms with Crippen LogP contribution >= 0.6 is 12.4 Å². The molecule has 5 nitrogen and oxygen atoms in total. The van der Waals surface area contributed by atoms with E-state index in [0.29, 0.717) is 17.2 Å². The van der Waals surface area contributed by atoms with Crippen LogP contribution in [0.5, 0.6) is 11.5 Å². The van der Waals surface area contributed by atoms with Crippen LogP contribution in [0.1, 0.15) is 12.8 Å². The molecule has 1 aliphatic heterocycles. The molecule has 1 aliphatic rings. The second-order valence-corrected chi connectivity index (χ2v) is 4.61. The van der Waals surface area contributed by atoms with Gasteiger partial charge in [-0.05, 0) is 25.9 Å². The van der Waals surface area contributed by atoms with Gasteiger partial charge in [0, 0.05) is 29.8 Å². The molecule has 0 aromatic heterocycles. The molecule has 1 heterocycles. The topological polar surface area (TPSA) is 59.6 Å². The summed E-state index contributed by atoms with van der Waals surface area (Å²) in [6.45, 7) is 1.80. The molecule has 0 bridgehead atoms. The molecule has 1 amide bonds. The molecule has 2 rings (SSSR count). The highest BCUT2D eigenvalue weighted by Crippen LogP contribution is 2.26. The van der Waals surface area contributed by atoms with Crippen LogP contribution in [0.4, 0.5) is 5.69 Å². The van der Waals surface area contributed by atoms with Crippen molar-refractivity contribution >= 4 is 24.0 Å². The maximum Gasteiger partial charge on any atom is 0.227 e. The quantitative estimate of drug-likeness (QED) is 0.893. The molecular formula is C14H21ClN2O3. The standard InChI is InChI=1S/C14H20N2O3.ClH/c1-18-12-7-11(8-13(9-12)19-2)16-14(17)10-3-5-15-6-4-10;/h7-10,15H,3-6H2,1-2H3,(H,16,17);1H. The number of halogens is 1. The Labute approximate surface area is 125 Å². The van der Waals surface area contributed by atoms with Gasteiger partial charge in [-0.25, -0.2) is 0 Å². The van der Waals surface area contributed by atoms with Gasteiger partial charge in [-0.15, -0.1) is 12.4 Å². The molecule has 20 heavy (non-hydrogen) atoms. The smallest absolute Gasteiger partial charge is 0.227 e. The van der Waals surface area contributed by atoms with Crippen LogP contribution in [0.3, 0.4) is 0 Å². The Hall–Kier alpha value is -1.46. The van der Waals surface area contributed by atoms with Crippen molar-refractivity contribution in [1.82, 2.24) is 5.32 Å². The first-order valence-electron chi connectivity index (χ1n) is 6.47. The predicted molar refractivity (Wildman–Crippen MR) is 81.0 cm³/mol. The Morgan fingerprint density at radius 3 is 2.20 bits per heavy atom. The van der Waals surface area contributed by atoms with Crippen LogP contribution in [-0.2, 0) is 4.79 Å². The fraction of sp³-hybridized carbons (Fsp3) is 0.500. The van der Waals surface area contributed by atoms with E-state index in [0.717, 1.165) is 25.9 Å². The highest BCUT2D eigenvalue weighted by molar-refractivity contribution is 5.93. The lowest BCUT2D eigenvalue weighted by Gasteiger charge is -2.22. The summed E-state index contributed by atoms with van der Waals surface area (Å²) >= 11 is 0. The number of piperidine rings is 1. The monoisotopic (exact) mass is 300 g/mol. The molecule has 0 unspecified atom stereocenters. The Kier molecular flexibility index (Phi) is 6.61. The summed E-state index contributed by atoms with van der Waals surface area (Å²) in [5.74, 6) is 1.48. The van der Waals surface area contributed by atoms with Crippen LogP contribution in [0, 0.1) is 5.92 Å². The largest absolute Gasteiger partial charge is 0.497 e. The van der Waals surface area contributed by atoms with Gasteiger partial charge in [-0.3, -0.25) is 4.79 Å². The Morgan fingerprint density at radius 1 is 1.15 bits per heavy atom. The number of hydrogen-bond donors (Lipinski definition) is 2. The molecule has 0 aliphatic carbocycles. The minimum absolute atomic E-state index is 0. The van der Waals surface area contributed by atoms with Gasteiger partial charge in [0.2, 0.25) is 5.91 Å². The number of nitrogens with one attached hydrogen (secondary N) is 2. The minimum atomic E-state index is 0. The zero-order chi connectivity index (χ0) is 13.7. The van der Waals surface area contributed by atoms with E-state index in [1.54, 1.807) is 32.4 Å². The second-order valence-electron chi connectivity index (χ2n) is 4.61. The fourth-order valence-corrected chi connectivity index (χ4v) is 2.21. The molecule has 6 heteroatoms. The van der Waals surface area contributed by atoms with Gasteiger partial charge in [-0.1, -0.05) is 0 Å². The summed E-state index contributed by atoms with van der Waals surface area (Å²) in [4.78, 5) is 12.1. The van der Waals surface area contributed by atoms with Crippen LogP contribution in [0.25, 0.3) is 0 Å². The molecule has 0 radical (unpaired) electrons. The van der Waals surface area contributed by atoms with Gasteiger partial charge in [0.25, 0.3) is 0 Å². The lowest BCUT2D eigenvalue weighted by molar-refractivity contribution is -0.120. The number of carbonyl (C=O) groups excluding carboxylic acids is 1. The van der Waals surface area contributed by atoms with Gasteiger partial charge >= 0.3 is 0 Å². The Morgan fingerprint density at radius 2 is 1.70 bits per heavy atom. The highest BCUT2D eigenvalue weighted by atomic mass is 35.5. The number of rotatable bonds is 4. The first-order chi connectivity index (χ1) is 9.22. The number of anilines is 1. The number of ether oxygens (including phenoxy) is 2. The number of hydrogen-bond acceptors (Lipinski definition) is 4. The molecule has 1 aromatic carbocycles. The van der Waals surface area contributed by atoms with E-state index >= 15 is 0 Å². The third kappa shape index (κ3) is 4.28. The van der Waals surface area contributed by atoms with E-state index in [9.17, 15) is 4.79 Å². The average molecular weight is 301 g/mol. The third-order valence-electron chi connectivity index (χ3n) is 3.33. The summed E-state index contributed by atoms with van der Waals surface area (Å²) in [7, 11) is 3.18. The first kappa shape index (κ1) is 16.6. The fourth-order valence-electron chi connectivity index (χ4n) is 2.21. The van der Waals surface area contributed by atoms with Gasteiger partial charge in [0.1, 0.15) is 11.5 Å². The van der Waals surface area contributed by atoms with Gasteiger partial charge < -0.3 is 20.1 Å². The van der Waals surface area contributed by atoms with Crippen molar-refractivity contribution < 1.29 is 14.3 Å². The van der Waals surface area contributed by atoms with Crippen molar-refractivity contribution in [2.45, 2.75) is 12.8 Å². The Balaban J connectivity index is 0.00000200. The maximum atomic E-state index is 12.1. The summed E-state index contributed by atoms with van der Waals surface area (Å²) in [6.07, 6.45) is 1.76. The van der Waals surface area contributed by atoms with Crippen LogP contribution in [-0.4, -0.2) is 33.2 Å². The van der Waals surface area contributed by atoms with E-state index < -0.39 is 0 Å². The summed E-state index contributed by atoms with van der Waals surface area (Å²) in [5.41, 5.74) is 0.708. The molecule has 2 N–H and O–H groups in total. The summed E-state index contributed by atoms with van der Waals surface area (Å²) < 4.78 is 10.4. The highest BCUT2D eigenvalue weighted by Gasteiger charge is 2.21. The molecule has 1 saturated heterocycles. The molecule has 0 saturated carbocycles. The van der Waals surface area contributed by atoms with E-state index in [-0.39, 0.29) is 24.2 Å². The zero-order valence-corrected chi connectivity index (χ0v) is 12.6. The van der Waals surface area contributed by atoms with Crippen molar-refractivity contribution in [3.8, 4) is 11.5 Å². The molecule has 112 valence electrons. The predicted octanol–water partition coefficient (Wildman–Crippen LogP) is 2.06. The lowest BCUT2D eigenvalue weighted by Crippen LogP contribution is -2.34. The van der Waals surface area contributed by atoms with Crippen molar-refractivity contribution in [3.63, 3.8) is 0 Å². The van der Waals surface area contributed by atoms with Crippen LogP contribution in [0.15, 0.2) is 18.2 Å². The van der Waals surface area contributed by atoms with E-state index in [4.69, 9.17) is 9.47 Å². The Bertz CT molecular complexity index is 426. The molecule has 0 spiro atoms. The van der Waals surface area contributed by atoms with Crippen LogP contribution < -0.4 is 20.1 Å². The number of carbonyl (C=O) groups is 1. The number of methoxy groups -OCH3 is 2. The summed E-state index contributed by atoms with van der Waals surface area (Å²) in [6, 6.07) is 5.36. The number of amides is 1. The van der Waals surface area contributed by atoms with Crippen LogP contribution in [0.2, 0.25) is 0 Å². The van der Waals surface area contributed by atoms with Gasteiger partial charge in [0.05, 0.1) is 14.2 Å². The molecule has 1 fully saturated rings. The van der Waals surface area contributed by atoms with Gasteiger partial charge in [0.15, 0.2) is 0 Å². The van der Waals surface area contributed by atoms with Crippen molar-refractivity contribution in [2.75, 3.05) is 32.6 Å². The maximum absolute atomic E-state index is 12.1. The van der Waals surface area contributed by atoms with E-state index in [1.165, 1.54) is 0 Å². The molecule has 1 aromatic rings. The normalized spacial score (nSPS) is 15.1. The lowest BCUT2D eigenvalue weighted by atomic mass is 9.97. The van der Waals surface area contributed by atoms with Crippen molar-refractivity contribution in [3.05, 3.63) is 18.2 Å². The third-order valence-corrected chi connectivity index (χ3v) is 3.33. The average Bonchev–Trinajstić information content (AvgIpc) is 2.47. The zero-order valence-electron chi connectivity index (χ0n) is 11.8. The number of benzene rings is 1. The molecule has 0 atom stereocenters. The first-order valence-corrected chi connectivity index (χ1v) is 6.47.